The van der Waals surface area contributed by atoms with Crippen molar-refractivity contribution in [2.45, 2.75) is 71.5 Å². The molecule has 34 heavy (non-hydrogen) atoms. The Labute approximate surface area is 207 Å². The number of Topliss-reactive ketones (excluding diaryl/α,β-unsaturated/α-hetero) is 1. The quantitative estimate of drug-likeness (QED) is 0.206. The summed E-state index contributed by atoms with van der Waals surface area (Å²) in [6.45, 7) is 9.78. The molecule has 0 bridgehead atoms. The third kappa shape index (κ3) is 5.00. The summed E-state index contributed by atoms with van der Waals surface area (Å²) in [6.07, 6.45) is 4.08. The molecule has 3 rings (SSSR count). The van der Waals surface area contributed by atoms with E-state index in [1.165, 1.54) is 6.92 Å². The van der Waals surface area contributed by atoms with E-state index in [9.17, 15) is 24.6 Å². The number of carbonyl (C=O) groups is 3. The van der Waals surface area contributed by atoms with Crippen molar-refractivity contribution in [1.82, 2.24) is 0 Å². The molecule has 0 aromatic carbocycles. The van der Waals surface area contributed by atoms with E-state index in [1.807, 2.05) is 6.92 Å². The molecular formula is C26H38O7S. The molecule has 1 aliphatic heterocycles. The molecule has 2 saturated carbocycles. The summed E-state index contributed by atoms with van der Waals surface area (Å²) in [5, 5.41) is 20.9. The second kappa shape index (κ2) is 10.5. The van der Waals surface area contributed by atoms with E-state index in [-0.39, 0.29) is 48.4 Å². The van der Waals surface area contributed by atoms with Gasteiger partial charge in [-0.15, -0.1) is 0 Å². The van der Waals surface area contributed by atoms with Gasteiger partial charge in [0.15, 0.2) is 6.10 Å². The van der Waals surface area contributed by atoms with Crippen LogP contribution in [0.1, 0.15) is 59.3 Å². The van der Waals surface area contributed by atoms with E-state index in [2.05, 4.69) is 26.1 Å². The molecule has 2 aliphatic carbocycles. The Bertz CT molecular complexity index is 867. The van der Waals surface area contributed by atoms with Gasteiger partial charge in [-0.05, 0) is 56.3 Å². The number of fused-ring (bicyclic) bond motifs is 1. The summed E-state index contributed by atoms with van der Waals surface area (Å²) in [5.74, 6) is -1.50. The van der Waals surface area contributed by atoms with Gasteiger partial charge in [-0.3, -0.25) is 4.79 Å². The Hall–Kier alpha value is -1.64. The van der Waals surface area contributed by atoms with Crippen LogP contribution >= 0.6 is 12.6 Å². The van der Waals surface area contributed by atoms with Crippen LogP contribution < -0.4 is 0 Å². The standard InChI is InChI=1S/C26H38O7S/c1-15-5-8-21-25(3,10-9-22(29)26(21,4)14-27)19(15)7-6-18-20(12-32-24(18)31)33-23(30)17(13-34)11-16(2)28/h6,17,19-22,27,29,34H,1,5,7-14H2,2-4H3/t17?,19-,20?,21?,22-,25+,26+/m1/s1. The van der Waals surface area contributed by atoms with Gasteiger partial charge in [0.25, 0.3) is 0 Å². The molecule has 7 nitrogen and oxygen atoms in total. The molecule has 0 aromatic rings. The second-order valence-electron chi connectivity index (χ2n) is 10.7. The highest BCUT2D eigenvalue weighted by Gasteiger charge is 2.57. The lowest BCUT2D eigenvalue weighted by Crippen LogP contribution is -2.57. The molecular weight excluding hydrogens is 456 g/mol. The molecule has 1 saturated heterocycles. The summed E-state index contributed by atoms with van der Waals surface area (Å²) in [5.41, 5.74) is 0.649. The molecule has 0 spiro atoms. The van der Waals surface area contributed by atoms with Crippen molar-refractivity contribution in [1.29, 1.82) is 0 Å². The largest absolute Gasteiger partial charge is 0.458 e. The SMILES string of the molecule is C=C1CCC2[C@](C)(CO)[C@H](O)CC[C@@]2(C)[C@@H]1CC=C1C(=O)OCC1OC(=O)C(CS)CC(C)=O. The van der Waals surface area contributed by atoms with Gasteiger partial charge in [-0.1, -0.05) is 32.1 Å². The fourth-order valence-electron chi connectivity index (χ4n) is 6.45. The highest BCUT2D eigenvalue weighted by atomic mass is 32.1. The Balaban J connectivity index is 1.80. The van der Waals surface area contributed by atoms with Crippen molar-refractivity contribution >= 4 is 30.4 Å². The first kappa shape index (κ1) is 27.0. The van der Waals surface area contributed by atoms with Gasteiger partial charge in [-0.25, -0.2) is 4.79 Å². The fraction of sp³-hybridized carbons (Fsp3) is 0.731. The number of rotatable bonds is 8. The molecule has 8 heteroatoms. The number of cyclic esters (lactones) is 1. The zero-order valence-corrected chi connectivity index (χ0v) is 21.3. The molecule has 190 valence electrons. The Morgan fingerprint density at radius 2 is 2.06 bits per heavy atom. The third-order valence-electron chi connectivity index (χ3n) is 8.56. The fourth-order valence-corrected chi connectivity index (χ4v) is 6.73. The van der Waals surface area contributed by atoms with Crippen LogP contribution in [-0.2, 0) is 23.9 Å². The number of carbonyl (C=O) groups excluding carboxylic acids is 3. The van der Waals surface area contributed by atoms with E-state index in [4.69, 9.17) is 9.47 Å². The van der Waals surface area contributed by atoms with Gasteiger partial charge in [0.2, 0.25) is 0 Å². The van der Waals surface area contributed by atoms with Crippen molar-refractivity contribution in [3.05, 3.63) is 23.8 Å². The smallest absolute Gasteiger partial charge is 0.337 e. The van der Waals surface area contributed by atoms with Crippen LogP contribution in [0, 0.1) is 28.6 Å². The van der Waals surface area contributed by atoms with Gasteiger partial charge in [-0.2, -0.15) is 12.6 Å². The Morgan fingerprint density at radius 1 is 1.35 bits per heavy atom. The molecule has 0 aromatic heterocycles. The maximum Gasteiger partial charge on any atom is 0.337 e. The minimum Gasteiger partial charge on any atom is -0.458 e. The first-order valence-corrected chi connectivity index (χ1v) is 12.8. The Kier molecular flexibility index (Phi) is 8.36. The zero-order valence-electron chi connectivity index (χ0n) is 20.4. The number of ether oxygens (including phenoxy) is 2. The number of allylic oxidation sites excluding steroid dienone is 2. The van der Waals surface area contributed by atoms with Crippen LogP contribution in [0.2, 0.25) is 0 Å². The van der Waals surface area contributed by atoms with E-state index in [0.29, 0.717) is 18.4 Å². The molecule has 3 fully saturated rings. The van der Waals surface area contributed by atoms with Crippen LogP contribution in [-0.4, -0.2) is 59.1 Å². The van der Waals surface area contributed by atoms with Gasteiger partial charge in [0.05, 0.1) is 24.2 Å². The van der Waals surface area contributed by atoms with Crippen LogP contribution in [0.5, 0.6) is 0 Å². The molecule has 3 aliphatic rings. The number of hydrogen-bond acceptors (Lipinski definition) is 8. The maximum absolute atomic E-state index is 12.6. The van der Waals surface area contributed by atoms with Crippen LogP contribution in [0.25, 0.3) is 0 Å². The highest BCUT2D eigenvalue weighted by Crippen LogP contribution is 2.61. The summed E-state index contributed by atoms with van der Waals surface area (Å²) < 4.78 is 10.7. The van der Waals surface area contributed by atoms with E-state index in [1.54, 1.807) is 6.08 Å². The number of esters is 2. The molecule has 2 N–H and O–H groups in total. The van der Waals surface area contributed by atoms with Crippen molar-refractivity contribution in [3.63, 3.8) is 0 Å². The molecule has 3 unspecified atom stereocenters. The number of aliphatic hydroxyl groups excluding tert-OH is 2. The molecule has 0 radical (unpaired) electrons. The monoisotopic (exact) mass is 494 g/mol. The first-order chi connectivity index (χ1) is 16.0. The topological polar surface area (TPSA) is 110 Å². The van der Waals surface area contributed by atoms with Gasteiger partial charge < -0.3 is 24.5 Å². The summed E-state index contributed by atoms with van der Waals surface area (Å²) in [4.78, 5) is 36.5. The molecule has 0 amide bonds. The maximum atomic E-state index is 12.6. The van der Waals surface area contributed by atoms with Crippen molar-refractivity contribution in [3.8, 4) is 0 Å². The number of ketones is 1. The average Bonchev–Trinajstić information content (AvgIpc) is 3.13. The lowest BCUT2D eigenvalue weighted by Gasteiger charge is -2.59. The summed E-state index contributed by atoms with van der Waals surface area (Å²) >= 11 is 4.16. The van der Waals surface area contributed by atoms with E-state index < -0.39 is 35.5 Å². The number of hydrogen-bond donors (Lipinski definition) is 3. The lowest BCUT2D eigenvalue weighted by molar-refractivity contribution is -0.153. The number of thiol groups is 1. The summed E-state index contributed by atoms with van der Waals surface area (Å²) in [7, 11) is 0. The molecule has 1 heterocycles. The van der Waals surface area contributed by atoms with E-state index in [0.717, 1.165) is 24.8 Å². The minimum atomic E-state index is -0.814. The highest BCUT2D eigenvalue weighted by molar-refractivity contribution is 7.80. The van der Waals surface area contributed by atoms with Gasteiger partial charge in [0, 0.05) is 17.6 Å². The van der Waals surface area contributed by atoms with Crippen LogP contribution in [0.3, 0.4) is 0 Å². The van der Waals surface area contributed by atoms with Gasteiger partial charge >= 0.3 is 11.9 Å². The van der Waals surface area contributed by atoms with Crippen molar-refractivity contribution in [2.75, 3.05) is 19.0 Å². The van der Waals surface area contributed by atoms with Gasteiger partial charge in [0.1, 0.15) is 12.4 Å². The Morgan fingerprint density at radius 3 is 2.68 bits per heavy atom. The van der Waals surface area contributed by atoms with Crippen molar-refractivity contribution in [2.24, 2.45) is 28.6 Å². The van der Waals surface area contributed by atoms with Crippen LogP contribution in [0.4, 0.5) is 0 Å². The first-order valence-electron chi connectivity index (χ1n) is 12.1. The third-order valence-corrected chi connectivity index (χ3v) is 9.00. The number of aliphatic hydroxyl groups is 2. The predicted molar refractivity (Wildman–Crippen MR) is 130 cm³/mol. The minimum absolute atomic E-state index is 0.0417. The summed E-state index contributed by atoms with van der Waals surface area (Å²) in [6, 6.07) is 0. The lowest BCUT2D eigenvalue weighted by atomic mass is 9.46. The van der Waals surface area contributed by atoms with Crippen molar-refractivity contribution < 1.29 is 34.1 Å². The second-order valence-corrected chi connectivity index (χ2v) is 11.1. The zero-order chi connectivity index (χ0) is 25.3. The molecule has 7 atom stereocenters. The predicted octanol–water partition coefficient (Wildman–Crippen LogP) is 3.04. The average molecular weight is 495 g/mol. The van der Waals surface area contributed by atoms with Crippen LogP contribution in [0.15, 0.2) is 23.8 Å². The normalized spacial score (nSPS) is 37.8. The van der Waals surface area contributed by atoms with E-state index >= 15 is 0 Å².